The summed E-state index contributed by atoms with van der Waals surface area (Å²) >= 11 is 0. The molecule has 0 spiro atoms. The molecule has 23 heavy (non-hydrogen) atoms. The van der Waals surface area contributed by atoms with E-state index in [1.807, 2.05) is 60.7 Å². The van der Waals surface area contributed by atoms with Crippen molar-refractivity contribution in [1.82, 2.24) is 0 Å². The highest BCUT2D eigenvalue weighted by Crippen LogP contribution is 2.47. The van der Waals surface area contributed by atoms with Gasteiger partial charge in [0.05, 0.1) is 0 Å². The molecular weight excluding hydrogens is 288 g/mol. The number of ketones is 2. The van der Waals surface area contributed by atoms with Crippen molar-refractivity contribution in [3.63, 3.8) is 0 Å². The van der Waals surface area contributed by atoms with E-state index in [4.69, 9.17) is 4.74 Å². The fraction of sp³-hybridized carbons (Fsp3) is 0.200. The van der Waals surface area contributed by atoms with E-state index in [0.717, 1.165) is 17.5 Å². The molecule has 0 fully saturated rings. The van der Waals surface area contributed by atoms with Crippen molar-refractivity contribution >= 4 is 11.6 Å². The van der Waals surface area contributed by atoms with Gasteiger partial charge in [0.25, 0.3) is 0 Å². The van der Waals surface area contributed by atoms with Crippen molar-refractivity contribution < 1.29 is 14.3 Å². The van der Waals surface area contributed by atoms with Gasteiger partial charge in [0.1, 0.15) is 11.3 Å². The molecule has 0 bridgehead atoms. The molecule has 2 aliphatic rings. The molecule has 0 unspecified atom stereocenters. The standard InChI is InChI=1S/C20H16O3/c21-16-12-7-13-17-18(16)19(22)20(23-17,14-8-3-1-4-9-14)15-10-5-2-6-11-15/h1-6,8-11H,7,12-13H2. The van der Waals surface area contributed by atoms with E-state index in [-0.39, 0.29) is 17.1 Å². The molecule has 3 heteroatoms. The van der Waals surface area contributed by atoms with E-state index in [2.05, 4.69) is 0 Å². The summed E-state index contributed by atoms with van der Waals surface area (Å²) in [6, 6.07) is 18.9. The lowest BCUT2D eigenvalue weighted by Gasteiger charge is -2.29. The Morgan fingerprint density at radius 1 is 0.783 bits per heavy atom. The minimum Gasteiger partial charge on any atom is -0.473 e. The highest BCUT2D eigenvalue weighted by atomic mass is 16.5. The fourth-order valence-electron chi connectivity index (χ4n) is 3.47. The van der Waals surface area contributed by atoms with Gasteiger partial charge in [-0.05, 0) is 6.42 Å². The van der Waals surface area contributed by atoms with E-state index in [9.17, 15) is 9.59 Å². The van der Waals surface area contributed by atoms with Gasteiger partial charge in [-0.1, -0.05) is 60.7 Å². The van der Waals surface area contributed by atoms with E-state index in [0.29, 0.717) is 18.6 Å². The Bertz CT molecular complexity index is 764. The number of hydrogen-bond acceptors (Lipinski definition) is 3. The third-order valence-corrected chi connectivity index (χ3v) is 4.55. The molecule has 0 saturated carbocycles. The fourth-order valence-corrected chi connectivity index (χ4v) is 3.47. The molecule has 0 amide bonds. The van der Waals surface area contributed by atoms with Crippen LogP contribution in [-0.4, -0.2) is 11.6 Å². The van der Waals surface area contributed by atoms with Gasteiger partial charge in [0.15, 0.2) is 5.78 Å². The Labute approximate surface area is 134 Å². The van der Waals surface area contributed by atoms with Crippen LogP contribution in [0, 0.1) is 0 Å². The Morgan fingerprint density at radius 2 is 1.35 bits per heavy atom. The molecular formula is C20H16O3. The summed E-state index contributed by atoms with van der Waals surface area (Å²) < 4.78 is 6.22. The minimum atomic E-state index is -1.23. The van der Waals surface area contributed by atoms with Crippen LogP contribution >= 0.6 is 0 Å². The first-order chi connectivity index (χ1) is 11.2. The molecule has 0 radical (unpaired) electrons. The maximum absolute atomic E-state index is 13.3. The van der Waals surface area contributed by atoms with Crippen molar-refractivity contribution in [2.24, 2.45) is 0 Å². The summed E-state index contributed by atoms with van der Waals surface area (Å²) in [4.78, 5) is 25.5. The average molecular weight is 304 g/mol. The van der Waals surface area contributed by atoms with Crippen LogP contribution in [0.3, 0.4) is 0 Å². The number of ether oxygens (including phenoxy) is 1. The molecule has 2 aromatic carbocycles. The van der Waals surface area contributed by atoms with E-state index >= 15 is 0 Å². The summed E-state index contributed by atoms with van der Waals surface area (Å²) in [5.74, 6) is 0.235. The van der Waals surface area contributed by atoms with Gasteiger partial charge in [0.2, 0.25) is 11.4 Å². The Balaban J connectivity index is 1.94. The molecule has 0 N–H and O–H groups in total. The lowest BCUT2D eigenvalue weighted by molar-refractivity contribution is -0.129. The molecule has 0 saturated heterocycles. The van der Waals surface area contributed by atoms with Gasteiger partial charge in [-0.25, -0.2) is 0 Å². The largest absolute Gasteiger partial charge is 0.473 e. The maximum Gasteiger partial charge on any atom is 0.222 e. The van der Waals surface area contributed by atoms with Crippen LogP contribution in [0.15, 0.2) is 72.0 Å². The van der Waals surface area contributed by atoms with Crippen molar-refractivity contribution in [2.75, 3.05) is 0 Å². The van der Waals surface area contributed by atoms with Crippen LogP contribution in [0.1, 0.15) is 30.4 Å². The Kier molecular flexibility index (Phi) is 3.15. The third-order valence-electron chi connectivity index (χ3n) is 4.55. The molecule has 1 aliphatic carbocycles. The number of carbonyl (C=O) groups is 2. The highest BCUT2D eigenvalue weighted by molar-refractivity contribution is 6.26. The van der Waals surface area contributed by atoms with Gasteiger partial charge in [-0.15, -0.1) is 0 Å². The van der Waals surface area contributed by atoms with Gasteiger partial charge in [-0.2, -0.15) is 0 Å². The lowest BCUT2D eigenvalue weighted by atomic mass is 9.79. The average Bonchev–Trinajstić information content (AvgIpc) is 2.91. The number of benzene rings is 2. The van der Waals surface area contributed by atoms with E-state index in [1.54, 1.807) is 0 Å². The zero-order chi connectivity index (χ0) is 15.9. The predicted octanol–water partition coefficient (Wildman–Crippen LogP) is 3.54. The summed E-state index contributed by atoms with van der Waals surface area (Å²) in [6.07, 6.45) is 1.81. The van der Waals surface area contributed by atoms with Crippen LogP contribution in [-0.2, 0) is 19.9 Å². The minimum absolute atomic E-state index is 0.0926. The smallest absolute Gasteiger partial charge is 0.222 e. The summed E-state index contributed by atoms with van der Waals surface area (Å²) in [5, 5.41) is 0. The zero-order valence-electron chi connectivity index (χ0n) is 12.6. The van der Waals surface area contributed by atoms with Gasteiger partial charge >= 0.3 is 0 Å². The number of Topliss-reactive ketones (excluding diaryl/α,β-unsaturated/α-hetero) is 2. The summed E-state index contributed by atoms with van der Waals surface area (Å²) in [7, 11) is 0. The first-order valence-corrected chi connectivity index (χ1v) is 7.84. The quantitative estimate of drug-likeness (QED) is 0.797. The van der Waals surface area contributed by atoms with E-state index < -0.39 is 5.60 Å². The molecule has 0 atom stereocenters. The van der Waals surface area contributed by atoms with Gasteiger partial charge < -0.3 is 4.74 Å². The lowest BCUT2D eigenvalue weighted by Crippen LogP contribution is -2.36. The second-order valence-electron chi connectivity index (χ2n) is 5.92. The summed E-state index contributed by atoms with van der Waals surface area (Å²) in [5.41, 5.74) is 0.563. The van der Waals surface area contributed by atoms with Gasteiger partial charge in [0, 0.05) is 24.0 Å². The van der Waals surface area contributed by atoms with Gasteiger partial charge in [-0.3, -0.25) is 9.59 Å². The number of allylic oxidation sites excluding steroid dienone is 1. The molecule has 1 aliphatic heterocycles. The SMILES string of the molecule is O=C1CCCC2=C1C(=O)C(c1ccccc1)(c1ccccc1)O2. The van der Waals surface area contributed by atoms with Crippen molar-refractivity contribution in [3.8, 4) is 0 Å². The molecule has 3 nitrogen and oxygen atoms in total. The van der Waals surface area contributed by atoms with Crippen LogP contribution < -0.4 is 0 Å². The Hall–Kier alpha value is -2.68. The van der Waals surface area contributed by atoms with E-state index in [1.165, 1.54) is 0 Å². The monoisotopic (exact) mass is 304 g/mol. The van der Waals surface area contributed by atoms with Crippen molar-refractivity contribution in [2.45, 2.75) is 24.9 Å². The molecule has 114 valence electrons. The second kappa shape index (κ2) is 5.20. The number of carbonyl (C=O) groups excluding carboxylic acids is 2. The third kappa shape index (κ3) is 1.96. The summed E-state index contributed by atoms with van der Waals surface area (Å²) in [6.45, 7) is 0. The first kappa shape index (κ1) is 13.9. The topological polar surface area (TPSA) is 43.4 Å². The highest BCUT2D eigenvalue weighted by Gasteiger charge is 2.54. The van der Waals surface area contributed by atoms with Crippen LogP contribution in [0.4, 0.5) is 0 Å². The normalized spacial score (nSPS) is 19.5. The molecule has 2 aromatic rings. The van der Waals surface area contributed by atoms with Crippen LogP contribution in [0.2, 0.25) is 0 Å². The molecule has 4 rings (SSSR count). The molecule has 1 heterocycles. The van der Waals surface area contributed by atoms with Crippen LogP contribution in [0.25, 0.3) is 0 Å². The first-order valence-electron chi connectivity index (χ1n) is 7.84. The Morgan fingerprint density at radius 3 is 1.87 bits per heavy atom. The zero-order valence-corrected chi connectivity index (χ0v) is 12.6. The molecule has 0 aromatic heterocycles. The van der Waals surface area contributed by atoms with Crippen LogP contribution in [0.5, 0.6) is 0 Å². The maximum atomic E-state index is 13.3. The van der Waals surface area contributed by atoms with Crippen molar-refractivity contribution in [1.29, 1.82) is 0 Å². The number of hydrogen-bond donors (Lipinski definition) is 0. The second-order valence-corrected chi connectivity index (χ2v) is 5.92. The number of rotatable bonds is 2. The van der Waals surface area contributed by atoms with Crippen molar-refractivity contribution in [3.05, 3.63) is 83.1 Å². The predicted molar refractivity (Wildman–Crippen MR) is 85.6 cm³/mol.